The molecule has 1 N–H and O–H groups in total. The molecule has 0 radical (unpaired) electrons. The number of aromatic nitrogens is 1. The van der Waals surface area contributed by atoms with Crippen LogP contribution < -0.4 is 10.1 Å². The maximum Gasteiger partial charge on any atom is 0.421 e. The lowest BCUT2D eigenvalue weighted by Crippen LogP contribution is -2.48. The molecule has 3 rings (SSSR count). The van der Waals surface area contributed by atoms with E-state index in [0.717, 1.165) is 31.5 Å². The second-order valence-corrected chi connectivity index (χ2v) is 10.7. The van der Waals surface area contributed by atoms with E-state index in [9.17, 15) is 31.1 Å². The molecule has 2 heterocycles. The molecule has 0 bridgehead atoms. The lowest BCUT2D eigenvalue weighted by Gasteiger charge is -2.39. The predicted molar refractivity (Wildman–Crippen MR) is 140 cm³/mol. The van der Waals surface area contributed by atoms with E-state index in [0.29, 0.717) is 13.0 Å². The van der Waals surface area contributed by atoms with Crippen LogP contribution in [0.4, 0.5) is 32.0 Å². The number of piperidine rings is 1. The van der Waals surface area contributed by atoms with Crippen LogP contribution in [-0.2, 0) is 22.2 Å². The number of carbonyl (C=O) groups is 1. The van der Waals surface area contributed by atoms with Crippen molar-refractivity contribution in [3.63, 3.8) is 0 Å². The van der Waals surface area contributed by atoms with Gasteiger partial charge in [-0.05, 0) is 43.9 Å². The smallest absolute Gasteiger partial charge is 0.421 e. The Kier molecular flexibility index (Phi) is 10.5. The normalized spacial score (nSPS) is 18.3. The number of nitrogens with one attached hydrogen (secondary N) is 1. The average molecular weight is 592 g/mol. The zero-order chi connectivity index (χ0) is 30.5. The Morgan fingerprint density at radius 1 is 1.20 bits per heavy atom. The van der Waals surface area contributed by atoms with E-state index in [2.05, 4.69) is 10.3 Å². The summed E-state index contributed by atoms with van der Waals surface area (Å²) in [7, 11) is 2.55. The number of hydrogen-bond acceptors (Lipinski definition) is 7. The van der Waals surface area contributed by atoms with E-state index in [1.807, 2.05) is 13.8 Å². The van der Waals surface area contributed by atoms with Crippen molar-refractivity contribution in [1.29, 1.82) is 0 Å². The monoisotopic (exact) mass is 591 g/mol. The van der Waals surface area contributed by atoms with Gasteiger partial charge in [0.15, 0.2) is 11.6 Å². The van der Waals surface area contributed by atoms with Gasteiger partial charge in [0, 0.05) is 43.9 Å². The van der Waals surface area contributed by atoms with Crippen LogP contribution in [0.2, 0.25) is 0 Å². The van der Waals surface area contributed by atoms with Gasteiger partial charge >= 0.3 is 12.1 Å². The molecule has 2 aromatic rings. The number of ether oxygens (including phenoxy) is 3. The minimum absolute atomic E-state index is 0.0274. The average Bonchev–Trinajstić information content (AvgIpc) is 2.86. The molecule has 1 fully saturated rings. The number of esters is 1. The van der Waals surface area contributed by atoms with Crippen molar-refractivity contribution in [3.8, 4) is 11.6 Å². The highest BCUT2D eigenvalue weighted by Gasteiger charge is 2.44. The van der Waals surface area contributed by atoms with Gasteiger partial charge < -0.3 is 19.5 Å². The molecule has 2 atom stereocenters. The minimum atomic E-state index is -4.95. The van der Waals surface area contributed by atoms with Gasteiger partial charge in [0.2, 0.25) is 5.88 Å². The van der Waals surface area contributed by atoms with Crippen molar-refractivity contribution in [2.45, 2.75) is 58.3 Å². The van der Waals surface area contributed by atoms with E-state index in [1.165, 1.54) is 12.0 Å². The maximum absolute atomic E-state index is 15.0. The largest absolute Gasteiger partial charge is 0.465 e. The Labute approximate surface area is 235 Å². The number of likely N-dealkylation sites (tertiary alicyclic amines) is 1. The third kappa shape index (κ3) is 8.48. The van der Waals surface area contributed by atoms with Crippen molar-refractivity contribution >= 4 is 11.7 Å². The molecule has 7 nitrogen and oxygen atoms in total. The van der Waals surface area contributed by atoms with Crippen molar-refractivity contribution < 1.29 is 45.3 Å². The number of hydrogen-bond donors (Lipinski definition) is 1. The van der Waals surface area contributed by atoms with Gasteiger partial charge in [-0.15, -0.1) is 0 Å². The Balaban J connectivity index is 1.88. The number of anilines is 1. The van der Waals surface area contributed by atoms with Gasteiger partial charge in [-0.2, -0.15) is 13.2 Å². The first-order chi connectivity index (χ1) is 19.1. The highest BCUT2D eigenvalue weighted by atomic mass is 19.4. The summed E-state index contributed by atoms with van der Waals surface area (Å²) in [6.45, 7) is 5.22. The second-order valence-electron chi connectivity index (χ2n) is 10.7. The first-order valence-electron chi connectivity index (χ1n) is 13.2. The zero-order valence-electron chi connectivity index (χ0n) is 23.6. The fraction of sp³-hybridized carbons (Fsp3) is 0.571. The van der Waals surface area contributed by atoms with Crippen LogP contribution in [0.15, 0.2) is 24.4 Å². The first-order valence-corrected chi connectivity index (χ1v) is 13.2. The number of nitrogens with zero attached hydrogens (tertiary/aromatic N) is 2. The quantitative estimate of drug-likeness (QED) is 0.229. The molecule has 0 amide bonds. The van der Waals surface area contributed by atoms with Crippen LogP contribution in [0, 0.1) is 17.7 Å². The van der Waals surface area contributed by atoms with E-state index in [1.54, 1.807) is 6.92 Å². The number of rotatable bonds is 11. The molecule has 1 aliphatic heterocycles. The molecule has 1 aromatic heterocycles. The molecular formula is C28H35F6N3O4. The first kappa shape index (κ1) is 32.5. The molecule has 1 aliphatic rings. The van der Waals surface area contributed by atoms with Crippen LogP contribution in [0.1, 0.15) is 55.1 Å². The Hall–Kier alpha value is -3.06. The topological polar surface area (TPSA) is 72.9 Å². The fourth-order valence-electron chi connectivity index (χ4n) is 4.87. The standard InChI is InChI=1S/C28H35F6N3O4/c1-16(2)8-19-6-7-37(15-27(19,30)31)13-18-9-21(28(32,33)34)25(35-12-18)41-24-10-20(26(38)40-5)23(11-22(24)29)36-17(3)14-39-4/h9-12,16-17,19,36H,6-8,13-15H2,1-5H3/t17-,19?/m0/s1. The van der Waals surface area contributed by atoms with Crippen molar-refractivity contribution in [1.82, 2.24) is 9.88 Å². The third-order valence-corrected chi connectivity index (χ3v) is 6.70. The van der Waals surface area contributed by atoms with Gasteiger partial charge in [0.05, 0.1) is 31.5 Å². The summed E-state index contributed by atoms with van der Waals surface area (Å²) in [5.41, 5.74) is -1.42. The highest BCUT2D eigenvalue weighted by molar-refractivity contribution is 5.96. The molecule has 1 saturated heterocycles. The van der Waals surface area contributed by atoms with Crippen LogP contribution in [0.3, 0.4) is 0 Å². The van der Waals surface area contributed by atoms with Gasteiger partial charge in [-0.1, -0.05) is 13.8 Å². The summed E-state index contributed by atoms with van der Waals surface area (Å²) in [5.74, 6) is -7.23. The predicted octanol–water partition coefficient (Wildman–Crippen LogP) is 6.77. The van der Waals surface area contributed by atoms with Gasteiger partial charge in [0.1, 0.15) is 5.56 Å². The molecule has 0 saturated carbocycles. The summed E-state index contributed by atoms with van der Waals surface area (Å²) in [6, 6.07) is 2.23. The van der Waals surface area contributed by atoms with Crippen molar-refractivity contribution in [3.05, 3.63) is 46.9 Å². The molecule has 1 aromatic carbocycles. The molecule has 1 unspecified atom stereocenters. The fourth-order valence-corrected chi connectivity index (χ4v) is 4.87. The summed E-state index contributed by atoms with van der Waals surface area (Å²) in [4.78, 5) is 17.5. The maximum atomic E-state index is 15.0. The number of halogens is 6. The summed E-state index contributed by atoms with van der Waals surface area (Å²) in [6.07, 6.45) is -3.29. The number of pyridine rings is 1. The van der Waals surface area contributed by atoms with E-state index >= 15 is 0 Å². The highest BCUT2D eigenvalue weighted by Crippen LogP contribution is 2.40. The molecular weight excluding hydrogens is 556 g/mol. The molecule has 228 valence electrons. The van der Waals surface area contributed by atoms with Crippen LogP contribution in [-0.4, -0.2) is 61.7 Å². The van der Waals surface area contributed by atoms with Gasteiger partial charge in [-0.3, -0.25) is 4.90 Å². The molecule has 0 spiro atoms. The number of carbonyl (C=O) groups excluding carboxylic acids is 1. The number of benzene rings is 1. The Morgan fingerprint density at radius 2 is 1.90 bits per heavy atom. The third-order valence-electron chi connectivity index (χ3n) is 6.70. The minimum Gasteiger partial charge on any atom is -0.465 e. The number of alkyl halides is 5. The SMILES string of the molecule is COC[C@H](C)Nc1cc(F)c(Oc2ncc(CN3CCC(CC(C)C)C(F)(F)C3)cc2C(F)(F)F)cc1C(=O)OC. The molecule has 41 heavy (non-hydrogen) atoms. The zero-order valence-corrected chi connectivity index (χ0v) is 23.6. The van der Waals surface area contributed by atoms with E-state index in [-0.39, 0.29) is 48.3 Å². The molecule has 0 aliphatic carbocycles. The molecule has 13 heteroatoms. The van der Waals surface area contributed by atoms with Crippen LogP contribution in [0.5, 0.6) is 11.6 Å². The second kappa shape index (κ2) is 13.3. The summed E-state index contributed by atoms with van der Waals surface area (Å²) in [5, 5.41) is 2.88. The Bertz CT molecular complexity index is 1210. The van der Waals surface area contributed by atoms with Crippen LogP contribution >= 0.6 is 0 Å². The van der Waals surface area contributed by atoms with Gasteiger partial charge in [0.25, 0.3) is 5.92 Å². The van der Waals surface area contributed by atoms with Crippen molar-refractivity contribution in [2.24, 2.45) is 11.8 Å². The summed E-state index contributed by atoms with van der Waals surface area (Å²) < 4.78 is 101. The van der Waals surface area contributed by atoms with Gasteiger partial charge in [-0.25, -0.2) is 22.9 Å². The Morgan fingerprint density at radius 3 is 2.49 bits per heavy atom. The van der Waals surface area contributed by atoms with E-state index < -0.39 is 53.5 Å². The van der Waals surface area contributed by atoms with Crippen LogP contribution in [0.25, 0.3) is 0 Å². The lowest BCUT2D eigenvalue weighted by molar-refractivity contribution is -0.139. The summed E-state index contributed by atoms with van der Waals surface area (Å²) >= 11 is 0. The van der Waals surface area contributed by atoms with Crippen molar-refractivity contribution in [2.75, 3.05) is 39.2 Å². The number of methoxy groups -OCH3 is 2. The lowest BCUT2D eigenvalue weighted by atomic mass is 9.85. The van der Waals surface area contributed by atoms with E-state index in [4.69, 9.17) is 14.2 Å².